The van der Waals surface area contributed by atoms with Crippen molar-refractivity contribution in [3.8, 4) is 5.69 Å². The van der Waals surface area contributed by atoms with E-state index in [4.69, 9.17) is 0 Å². The van der Waals surface area contributed by atoms with E-state index in [0.29, 0.717) is 10.8 Å². The van der Waals surface area contributed by atoms with Crippen molar-refractivity contribution in [1.29, 1.82) is 0 Å². The van der Waals surface area contributed by atoms with Crippen molar-refractivity contribution in [2.45, 2.75) is 25.2 Å². The summed E-state index contributed by atoms with van der Waals surface area (Å²) in [7, 11) is 0. The van der Waals surface area contributed by atoms with Gasteiger partial charge in [-0.05, 0) is 37.1 Å². The van der Waals surface area contributed by atoms with Gasteiger partial charge in [0.15, 0.2) is 5.82 Å². The van der Waals surface area contributed by atoms with Crippen LogP contribution in [-0.2, 0) is 5.41 Å². The highest BCUT2D eigenvalue weighted by atomic mass is 32.1. The van der Waals surface area contributed by atoms with E-state index in [1.165, 1.54) is 11.5 Å². The minimum Gasteiger partial charge on any atom is -0.324 e. The van der Waals surface area contributed by atoms with E-state index in [1.54, 1.807) is 12.3 Å². The van der Waals surface area contributed by atoms with Gasteiger partial charge in [-0.2, -0.15) is 4.37 Å². The van der Waals surface area contributed by atoms with Crippen LogP contribution in [0, 0.1) is 0 Å². The third kappa shape index (κ3) is 2.75. The quantitative estimate of drug-likeness (QED) is 0.800. The SMILES string of the molecule is CC1(c2nsc(NC(=O)c3cc(-n4cccc4)ccn3)n2)CC1. The molecule has 0 aromatic carbocycles. The van der Waals surface area contributed by atoms with Crippen LogP contribution in [0.5, 0.6) is 0 Å². The van der Waals surface area contributed by atoms with Gasteiger partial charge in [0, 0.05) is 41.2 Å². The summed E-state index contributed by atoms with van der Waals surface area (Å²) in [4.78, 5) is 20.9. The molecule has 3 aromatic heterocycles. The largest absolute Gasteiger partial charge is 0.324 e. The maximum Gasteiger partial charge on any atom is 0.276 e. The van der Waals surface area contributed by atoms with Crippen LogP contribution < -0.4 is 5.32 Å². The second-order valence-electron chi connectivity index (χ2n) is 5.93. The van der Waals surface area contributed by atoms with Crippen LogP contribution in [0.25, 0.3) is 5.69 Å². The first kappa shape index (κ1) is 14.1. The summed E-state index contributed by atoms with van der Waals surface area (Å²) in [6.45, 7) is 2.14. The van der Waals surface area contributed by atoms with Gasteiger partial charge in [-0.25, -0.2) is 4.98 Å². The molecule has 1 aliphatic carbocycles. The number of pyridine rings is 1. The van der Waals surface area contributed by atoms with Gasteiger partial charge in [-0.15, -0.1) is 0 Å². The Hall–Kier alpha value is -2.54. The lowest BCUT2D eigenvalue weighted by Crippen LogP contribution is -2.14. The summed E-state index contributed by atoms with van der Waals surface area (Å²) < 4.78 is 6.27. The molecule has 4 rings (SSSR count). The lowest BCUT2D eigenvalue weighted by Gasteiger charge is -2.05. The Morgan fingerprint density at radius 3 is 2.87 bits per heavy atom. The van der Waals surface area contributed by atoms with Crippen molar-refractivity contribution in [3.63, 3.8) is 0 Å². The zero-order valence-electron chi connectivity index (χ0n) is 12.6. The molecule has 0 unspecified atom stereocenters. The second kappa shape index (κ2) is 5.27. The average Bonchev–Trinajstić information content (AvgIpc) is 3.02. The predicted molar refractivity (Wildman–Crippen MR) is 88.0 cm³/mol. The molecule has 0 atom stereocenters. The number of amides is 1. The number of hydrogen-bond donors (Lipinski definition) is 1. The molecule has 116 valence electrons. The van der Waals surface area contributed by atoms with E-state index in [0.717, 1.165) is 24.4 Å². The monoisotopic (exact) mass is 325 g/mol. The van der Waals surface area contributed by atoms with E-state index < -0.39 is 0 Å². The Morgan fingerprint density at radius 2 is 2.13 bits per heavy atom. The molecule has 0 radical (unpaired) electrons. The van der Waals surface area contributed by atoms with Crippen LogP contribution in [0.2, 0.25) is 0 Å². The Balaban J connectivity index is 1.53. The molecule has 3 aromatic rings. The van der Waals surface area contributed by atoms with Crippen molar-refractivity contribution in [1.82, 2.24) is 18.9 Å². The first-order valence-corrected chi connectivity index (χ1v) is 8.16. The maximum atomic E-state index is 12.4. The highest BCUT2D eigenvalue weighted by Crippen LogP contribution is 2.46. The fourth-order valence-electron chi connectivity index (χ4n) is 2.30. The van der Waals surface area contributed by atoms with Crippen molar-refractivity contribution >= 4 is 22.6 Å². The smallest absolute Gasteiger partial charge is 0.276 e. The Bertz CT molecular complexity index is 851. The summed E-state index contributed by atoms with van der Waals surface area (Å²) in [6, 6.07) is 7.47. The van der Waals surface area contributed by atoms with Crippen molar-refractivity contribution in [3.05, 3.63) is 54.4 Å². The van der Waals surface area contributed by atoms with Gasteiger partial charge < -0.3 is 4.57 Å². The number of nitrogens with one attached hydrogen (secondary N) is 1. The zero-order valence-corrected chi connectivity index (χ0v) is 13.4. The lowest BCUT2D eigenvalue weighted by molar-refractivity contribution is 0.102. The molecule has 0 saturated heterocycles. The van der Waals surface area contributed by atoms with Crippen LogP contribution in [0.3, 0.4) is 0 Å². The van der Waals surface area contributed by atoms with E-state index in [1.807, 2.05) is 35.2 Å². The highest BCUT2D eigenvalue weighted by Gasteiger charge is 2.42. The number of aromatic nitrogens is 4. The van der Waals surface area contributed by atoms with E-state index >= 15 is 0 Å². The minimum absolute atomic E-state index is 0.103. The van der Waals surface area contributed by atoms with Crippen LogP contribution in [0.15, 0.2) is 42.9 Å². The summed E-state index contributed by atoms with van der Waals surface area (Å²) in [5, 5.41) is 3.30. The third-order valence-corrected chi connectivity index (χ3v) is 4.70. The lowest BCUT2D eigenvalue weighted by atomic mass is 10.1. The summed E-state index contributed by atoms with van der Waals surface area (Å²) in [6.07, 6.45) is 7.69. The van der Waals surface area contributed by atoms with Crippen LogP contribution in [0.1, 0.15) is 36.1 Å². The Labute approximate surface area is 137 Å². The zero-order chi connectivity index (χ0) is 15.9. The number of carbonyl (C=O) groups excluding carboxylic acids is 1. The molecular formula is C16H15N5OS. The van der Waals surface area contributed by atoms with Gasteiger partial charge in [-0.1, -0.05) is 6.92 Å². The Kier molecular flexibility index (Phi) is 3.23. The number of hydrogen-bond acceptors (Lipinski definition) is 5. The summed E-state index contributed by atoms with van der Waals surface area (Å²) in [5.74, 6) is 0.550. The number of anilines is 1. The molecule has 1 fully saturated rings. The van der Waals surface area contributed by atoms with Crippen LogP contribution in [0.4, 0.5) is 5.13 Å². The number of nitrogens with zero attached hydrogens (tertiary/aromatic N) is 4. The van der Waals surface area contributed by atoms with Gasteiger partial charge in [0.05, 0.1) is 0 Å². The molecule has 1 N–H and O–H groups in total. The topological polar surface area (TPSA) is 72.7 Å². The molecule has 7 heteroatoms. The molecule has 3 heterocycles. The number of rotatable bonds is 4. The predicted octanol–water partition coefficient (Wildman–Crippen LogP) is 3.03. The fraction of sp³-hybridized carbons (Fsp3) is 0.250. The van der Waals surface area contributed by atoms with Crippen molar-refractivity contribution in [2.24, 2.45) is 0 Å². The molecule has 1 saturated carbocycles. The second-order valence-corrected chi connectivity index (χ2v) is 6.68. The molecule has 0 aliphatic heterocycles. The van der Waals surface area contributed by atoms with E-state index in [-0.39, 0.29) is 11.3 Å². The van der Waals surface area contributed by atoms with Gasteiger partial charge >= 0.3 is 0 Å². The van der Waals surface area contributed by atoms with Gasteiger partial charge in [0.25, 0.3) is 5.91 Å². The molecule has 1 aliphatic rings. The van der Waals surface area contributed by atoms with E-state index in [9.17, 15) is 4.79 Å². The molecular weight excluding hydrogens is 310 g/mol. The van der Waals surface area contributed by atoms with Crippen molar-refractivity contribution in [2.75, 3.05) is 5.32 Å². The average molecular weight is 325 g/mol. The third-order valence-electron chi connectivity index (χ3n) is 4.07. The standard InChI is InChI=1S/C16H15N5OS/c1-16(5-6-16)14-19-15(23-20-14)18-13(22)12-10-11(4-7-17-12)21-8-2-3-9-21/h2-4,7-10H,5-6H2,1H3,(H,18,19,20,22). The highest BCUT2D eigenvalue weighted by molar-refractivity contribution is 7.09. The van der Waals surface area contributed by atoms with Crippen LogP contribution >= 0.6 is 11.5 Å². The van der Waals surface area contributed by atoms with Crippen LogP contribution in [-0.4, -0.2) is 24.8 Å². The first-order chi connectivity index (χ1) is 11.1. The summed E-state index contributed by atoms with van der Waals surface area (Å²) >= 11 is 1.22. The molecule has 1 amide bonds. The van der Waals surface area contributed by atoms with Gasteiger partial charge in [0.1, 0.15) is 5.69 Å². The minimum atomic E-state index is -0.275. The number of carbonyl (C=O) groups is 1. The molecule has 6 nitrogen and oxygen atoms in total. The van der Waals surface area contributed by atoms with E-state index in [2.05, 4.69) is 26.6 Å². The van der Waals surface area contributed by atoms with Gasteiger partial charge in [-0.3, -0.25) is 15.1 Å². The first-order valence-electron chi connectivity index (χ1n) is 7.39. The molecule has 0 spiro atoms. The maximum absolute atomic E-state index is 12.4. The fourth-order valence-corrected chi connectivity index (χ4v) is 3.00. The normalized spacial score (nSPS) is 15.3. The summed E-state index contributed by atoms with van der Waals surface area (Å²) in [5.41, 5.74) is 1.34. The molecule has 23 heavy (non-hydrogen) atoms. The van der Waals surface area contributed by atoms with Gasteiger partial charge in [0.2, 0.25) is 5.13 Å². The molecule has 0 bridgehead atoms. The van der Waals surface area contributed by atoms with Crippen molar-refractivity contribution < 1.29 is 4.79 Å². The Morgan fingerprint density at radius 1 is 1.35 bits per heavy atom.